The lowest BCUT2D eigenvalue weighted by atomic mass is 9.99. The van der Waals surface area contributed by atoms with Crippen molar-refractivity contribution in [3.63, 3.8) is 0 Å². The SMILES string of the molecule is CC(C)(CC(N)=O)NC(=O)c1cccc2c1OCCN2. The fraction of sp³-hybridized carbons (Fsp3) is 0.429. The first-order chi connectivity index (χ1) is 9.39. The number of fused-ring (bicyclic) bond motifs is 1. The van der Waals surface area contributed by atoms with E-state index in [1.54, 1.807) is 26.0 Å². The summed E-state index contributed by atoms with van der Waals surface area (Å²) in [5.41, 5.74) is 5.73. The molecule has 2 rings (SSSR count). The van der Waals surface area contributed by atoms with Crippen LogP contribution in [0.1, 0.15) is 30.6 Å². The molecule has 6 heteroatoms. The first-order valence-corrected chi connectivity index (χ1v) is 6.49. The zero-order valence-corrected chi connectivity index (χ0v) is 11.7. The van der Waals surface area contributed by atoms with Crippen LogP contribution in [-0.2, 0) is 4.79 Å². The number of nitrogens with one attached hydrogen (secondary N) is 2. The van der Waals surface area contributed by atoms with E-state index in [4.69, 9.17) is 10.5 Å². The predicted octanol–water partition coefficient (Wildman–Crippen LogP) is 0.875. The van der Waals surface area contributed by atoms with Gasteiger partial charge in [0.15, 0.2) is 5.75 Å². The number of anilines is 1. The molecule has 2 amide bonds. The number of carbonyl (C=O) groups is 2. The maximum absolute atomic E-state index is 12.3. The molecule has 1 aliphatic heterocycles. The van der Waals surface area contributed by atoms with Crippen LogP contribution in [-0.4, -0.2) is 30.5 Å². The Labute approximate surface area is 117 Å². The molecule has 0 saturated carbocycles. The van der Waals surface area contributed by atoms with Crippen molar-refractivity contribution in [3.8, 4) is 5.75 Å². The fourth-order valence-corrected chi connectivity index (χ4v) is 2.20. The average molecular weight is 277 g/mol. The number of hydrogen-bond donors (Lipinski definition) is 3. The first kappa shape index (κ1) is 14.2. The summed E-state index contributed by atoms with van der Waals surface area (Å²) in [5, 5.41) is 5.98. The van der Waals surface area contributed by atoms with E-state index in [2.05, 4.69) is 10.6 Å². The van der Waals surface area contributed by atoms with Crippen molar-refractivity contribution in [2.24, 2.45) is 5.73 Å². The molecule has 0 bridgehead atoms. The number of hydrogen-bond acceptors (Lipinski definition) is 4. The number of rotatable bonds is 4. The third kappa shape index (κ3) is 3.20. The van der Waals surface area contributed by atoms with Crippen LogP contribution in [0, 0.1) is 0 Å². The van der Waals surface area contributed by atoms with Gasteiger partial charge in [-0.2, -0.15) is 0 Å². The highest BCUT2D eigenvalue weighted by atomic mass is 16.5. The normalized spacial score (nSPS) is 13.7. The molecule has 0 radical (unpaired) electrons. The van der Waals surface area contributed by atoms with E-state index in [0.29, 0.717) is 24.5 Å². The monoisotopic (exact) mass is 277 g/mol. The van der Waals surface area contributed by atoms with Crippen LogP contribution >= 0.6 is 0 Å². The Hall–Kier alpha value is -2.24. The highest BCUT2D eigenvalue weighted by Gasteiger charge is 2.26. The van der Waals surface area contributed by atoms with Crippen LogP contribution in [0.2, 0.25) is 0 Å². The van der Waals surface area contributed by atoms with Gasteiger partial charge in [-0.3, -0.25) is 9.59 Å². The van der Waals surface area contributed by atoms with E-state index in [1.807, 2.05) is 6.07 Å². The minimum atomic E-state index is -0.701. The molecule has 0 unspecified atom stereocenters. The van der Waals surface area contributed by atoms with Gasteiger partial charge in [0.1, 0.15) is 6.61 Å². The molecule has 0 atom stereocenters. The number of benzene rings is 1. The zero-order chi connectivity index (χ0) is 14.8. The van der Waals surface area contributed by atoms with Crippen molar-refractivity contribution in [1.29, 1.82) is 0 Å². The average Bonchev–Trinajstić information content (AvgIpc) is 2.35. The summed E-state index contributed by atoms with van der Waals surface area (Å²) in [6.45, 7) is 4.74. The largest absolute Gasteiger partial charge is 0.489 e. The summed E-state index contributed by atoms with van der Waals surface area (Å²) in [6.07, 6.45) is 0.0763. The second kappa shape index (κ2) is 5.40. The van der Waals surface area contributed by atoms with Crippen LogP contribution in [0.3, 0.4) is 0 Å². The molecule has 0 saturated heterocycles. The number of para-hydroxylation sites is 1. The fourth-order valence-electron chi connectivity index (χ4n) is 2.20. The molecule has 1 heterocycles. The molecule has 0 aromatic heterocycles. The molecule has 0 aliphatic carbocycles. The highest BCUT2D eigenvalue weighted by molar-refractivity contribution is 5.99. The minimum Gasteiger partial charge on any atom is -0.489 e. The lowest BCUT2D eigenvalue weighted by Crippen LogP contribution is -2.46. The maximum atomic E-state index is 12.3. The maximum Gasteiger partial charge on any atom is 0.255 e. The molecule has 20 heavy (non-hydrogen) atoms. The molecular formula is C14H19N3O3. The van der Waals surface area contributed by atoms with Crippen molar-refractivity contribution in [2.45, 2.75) is 25.8 Å². The van der Waals surface area contributed by atoms with Gasteiger partial charge in [-0.25, -0.2) is 0 Å². The predicted molar refractivity (Wildman–Crippen MR) is 75.8 cm³/mol. The van der Waals surface area contributed by atoms with E-state index in [-0.39, 0.29) is 12.3 Å². The van der Waals surface area contributed by atoms with Crippen LogP contribution in [0.4, 0.5) is 5.69 Å². The second-order valence-corrected chi connectivity index (χ2v) is 5.44. The number of carbonyl (C=O) groups excluding carboxylic acids is 2. The summed E-state index contributed by atoms with van der Waals surface area (Å²) >= 11 is 0. The van der Waals surface area contributed by atoms with Gasteiger partial charge >= 0.3 is 0 Å². The van der Waals surface area contributed by atoms with Gasteiger partial charge in [0.25, 0.3) is 5.91 Å². The van der Waals surface area contributed by atoms with Gasteiger partial charge < -0.3 is 21.1 Å². The molecule has 1 aromatic carbocycles. The Morgan fingerprint density at radius 2 is 2.20 bits per heavy atom. The molecular weight excluding hydrogens is 258 g/mol. The number of primary amides is 1. The van der Waals surface area contributed by atoms with E-state index in [0.717, 1.165) is 5.69 Å². The van der Waals surface area contributed by atoms with Gasteiger partial charge in [-0.05, 0) is 26.0 Å². The molecule has 1 aromatic rings. The van der Waals surface area contributed by atoms with Crippen LogP contribution in [0.15, 0.2) is 18.2 Å². The van der Waals surface area contributed by atoms with E-state index in [1.165, 1.54) is 0 Å². The standard InChI is InChI=1S/C14H19N3O3/c1-14(2,8-11(15)18)17-13(19)9-4-3-5-10-12(9)20-7-6-16-10/h3-5,16H,6-8H2,1-2H3,(H2,15,18)(H,17,19). The van der Waals surface area contributed by atoms with Crippen molar-refractivity contribution in [3.05, 3.63) is 23.8 Å². The quantitative estimate of drug-likeness (QED) is 0.761. The second-order valence-electron chi connectivity index (χ2n) is 5.44. The number of nitrogens with two attached hydrogens (primary N) is 1. The minimum absolute atomic E-state index is 0.0763. The molecule has 6 nitrogen and oxygen atoms in total. The van der Waals surface area contributed by atoms with E-state index in [9.17, 15) is 9.59 Å². The molecule has 0 spiro atoms. The number of ether oxygens (including phenoxy) is 1. The molecule has 1 aliphatic rings. The van der Waals surface area contributed by atoms with Crippen molar-refractivity contribution < 1.29 is 14.3 Å². The summed E-state index contributed by atoms with van der Waals surface area (Å²) in [7, 11) is 0. The van der Waals surface area contributed by atoms with Crippen LogP contribution in [0.25, 0.3) is 0 Å². The zero-order valence-electron chi connectivity index (χ0n) is 11.7. The summed E-state index contributed by atoms with van der Waals surface area (Å²) in [5.74, 6) is -0.189. The van der Waals surface area contributed by atoms with Gasteiger partial charge in [-0.1, -0.05) is 6.07 Å². The van der Waals surface area contributed by atoms with Gasteiger partial charge in [0.05, 0.1) is 11.3 Å². The Morgan fingerprint density at radius 3 is 2.90 bits per heavy atom. The smallest absolute Gasteiger partial charge is 0.255 e. The van der Waals surface area contributed by atoms with E-state index < -0.39 is 11.4 Å². The Balaban J connectivity index is 2.20. The lowest BCUT2D eigenvalue weighted by Gasteiger charge is -2.26. The van der Waals surface area contributed by atoms with Crippen molar-refractivity contribution in [2.75, 3.05) is 18.5 Å². The number of amides is 2. The Bertz CT molecular complexity index is 540. The molecule has 4 N–H and O–H groups in total. The topological polar surface area (TPSA) is 93.5 Å². The summed E-state index contributed by atoms with van der Waals surface area (Å²) in [6, 6.07) is 5.35. The van der Waals surface area contributed by atoms with Crippen LogP contribution in [0.5, 0.6) is 5.75 Å². The first-order valence-electron chi connectivity index (χ1n) is 6.49. The van der Waals surface area contributed by atoms with Gasteiger partial charge in [-0.15, -0.1) is 0 Å². The Kier molecular flexibility index (Phi) is 3.83. The van der Waals surface area contributed by atoms with E-state index >= 15 is 0 Å². The van der Waals surface area contributed by atoms with Gasteiger partial charge in [0.2, 0.25) is 5.91 Å². The highest BCUT2D eigenvalue weighted by Crippen LogP contribution is 2.31. The van der Waals surface area contributed by atoms with Crippen LogP contribution < -0.4 is 21.1 Å². The Morgan fingerprint density at radius 1 is 1.45 bits per heavy atom. The van der Waals surface area contributed by atoms with Crippen molar-refractivity contribution in [1.82, 2.24) is 5.32 Å². The summed E-state index contributed by atoms with van der Waals surface area (Å²) < 4.78 is 5.56. The van der Waals surface area contributed by atoms with Gasteiger partial charge in [0, 0.05) is 18.5 Å². The third-order valence-corrected chi connectivity index (χ3v) is 2.99. The van der Waals surface area contributed by atoms with Crippen molar-refractivity contribution >= 4 is 17.5 Å². The molecule has 0 fully saturated rings. The lowest BCUT2D eigenvalue weighted by molar-refractivity contribution is -0.119. The third-order valence-electron chi connectivity index (χ3n) is 2.99. The molecule has 108 valence electrons. The summed E-state index contributed by atoms with van der Waals surface area (Å²) in [4.78, 5) is 23.3.